The molecule has 1 aromatic rings. The summed E-state index contributed by atoms with van der Waals surface area (Å²) in [5.74, 6) is -0.466. The minimum absolute atomic E-state index is 0.0134. The minimum atomic E-state index is -0.928. The summed E-state index contributed by atoms with van der Waals surface area (Å²) >= 11 is 0. The summed E-state index contributed by atoms with van der Waals surface area (Å²) in [5, 5.41) is 2.46. The van der Waals surface area contributed by atoms with Gasteiger partial charge in [0.15, 0.2) is 0 Å². The van der Waals surface area contributed by atoms with Gasteiger partial charge in [-0.05, 0) is 37.3 Å². The third-order valence-electron chi connectivity index (χ3n) is 7.57. The van der Waals surface area contributed by atoms with Gasteiger partial charge in [0.2, 0.25) is 11.8 Å². The van der Waals surface area contributed by atoms with Crippen LogP contribution in [0.1, 0.15) is 43.2 Å². The molecule has 0 aromatic heterocycles. The maximum atomic E-state index is 12.9. The number of carbonyl (C=O) groups excluding carboxylic acids is 4. The molecule has 4 bridgehead atoms. The van der Waals surface area contributed by atoms with E-state index in [0.29, 0.717) is 19.7 Å². The SMILES string of the molecule is NC(=O)C1CC2CN1C(=O)CNC(=O)OCC1(CCC=CCOc3cccc4c3CN(C4)C(=O)O2)CC1. The first-order valence-electron chi connectivity index (χ1n) is 12.7. The molecular weight excluding hydrogens is 480 g/mol. The third kappa shape index (κ3) is 5.65. The van der Waals surface area contributed by atoms with E-state index in [1.165, 1.54) is 4.90 Å². The number of carbonyl (C=O) groups is 4. The van der Waals surface area contributed by atoms with Gasteiger partial charge in [-0.1, -0.05) is 24.3 Å². The van der Waals surface area contributed by atoms with Crippen LogP contribution in [0.5, 0.6) is 5.75 Å². The highest BCUT2D eigenvalue weighted by molar-refractivity contribution is 5.89. The fourth-order valence-electron chi connectivity index (χ4n) is 5.18. The number of allylic oxidation sites excluding steroid dienone is 1. The molecule has 4 aliphatic rings. The van der Waals surface area contributed by atoms with E-state index >= 15 is 0 Å². The van der Waals surface area contributed by atoms with Gasteiger partial charge in [0.05, 0.1) is 19.7 Å². The van der Waals surface area contributed by atoms with Crippen molar-refractivity contribution in [1.29, 1.82) is 0 Å². The number of primary amides is 1. The van der Waals surface area contributed by atoms with E-state index in [2.05, 4.69) is 11.4 Å². The van der Waals surface area contributed by atoms with Gasteiger partial charge in [0.1, 0.15) is 31.0 Å². The predicted molar refractivity (Wildman–Crippen MR) is 130 cm³/mol. The Kier molecular flexibility index (Phi) is 6.94. The summed E-state index contributed by atoms with van der Waals surface area (Å²) in [4.78, 5) is 52.8. The Bertz CT molecular complexity index is 1120. The Balaban J connectivity index is 1.31. The second-order valence-electron chi connectivity index (χ2n) is 10.2. The van der Waals surface area contributed by atoms with Crippen LogP contribution < -0.4 is 15.8 Å². The molecule has 5 rings (SSSR count). The van der Waals surface area contributed by atoms with E-state index in [4.69, 9.17) is 19.9 Å². The maximum absolute atomic E-state index is 12.9. The zero-order chi connectivity index (χ0) is 26.0. The van der Waals surface area contributed by atoms with E-state index in [0.717, 1.165) is 42.6 Å². The van der Waals surface area contributed by atoms with Crippen molar-refractivity contribution in [2.24, 2.45) is 11.1 Å². The molecular formula is C26H32N4O7. The number of nitrogens with zero attached hydrogens (tertiary/aromatic N) is 2. The molecule has 198 valence electrons. The molecule has 2 unspecified atom stereocenters. The van der Waals surface area contributed by atoms with Gasteiger partial charge in [-0.2, -0.15) is 0 Å². The van der Waals surface area contributed by atoms with Crippen molar-refractivity contribution in [1.82, 2.24) is 15.1 Å². The van der Waals surface area contributed by atoms with E-state index in [-0.39, 0.29) is 31.5 Å². The molecule has 3 heterocycles. The van der Waals surface area contributed by atoms with Crippen LogP contribution in [0.2, 0.25) is 0 Å². The summed E-state index contributed by atoms with van der Waals surface area (Å²) in [7, 11) is 0. The summed E-state index contributed by atoms with van der Waals surface area (Å²) in [6, 6.07) is 4.82. The van der Waals surface area contributed by atoms with Crippen molar-refractivity contribution in [2.75, 3.05) is 26.3 Å². The number of benzene rings is 1. The summed E-state index contributed by atoms with van der Waals surface area (Å²) in [5.41, 5.74) is 7.43. The summed E-state index contributed by atoms with van der Waals surface area (Å²) < 4.78 is 17.0. The quantitative estimate of drug-likeness (QED) is 0.547. The number of ether oxygens (including phenoxy) is 3. The first-order chi connectivity index (χ1) is 17.8. The second-order valence-corrected chi connectivity index (χ2v) is 10.2. The van der Waals surface area contributed by atoms with E-state index in [9.17, 15) is 19.2 Å². The molecule has 1 saturated carbocycles. The number of nitrogens with two attached hydrogens (primary N) is 1. The van der Waals surface area contributed by atoms with Crippen LogP contribution in [0.4, 0.5) is 9.59 Å². The highest BCUT2D eigenvalue weighted by Gasteiger charge is 2.44. The lowest BCUT2D eigenvalue weighted by atomic mass is 10.0. The first-order valence-corrected chi connectivity index (χ1v) is 12.7. The summed E-state index contributed by atoms with van der Waals surface area (Å²) in [6.45, 7) is 1.09. The lowest BCUT2D eigenvalue weighted by molar-refractivity contribution is -0.136. The van der Waals surface area contributed by atoms with Crippen LogP contribution in [0.3, 0.4) is 0 Å². The van der Waals surface area contributed by atoms with Crippen LogP contribution >= 0.6 is 0 Å². The highest BCUT2D eigenvalue weighted by atomic mass is 16.6. The van der Waals surface area contributed by atoms with Crippen molar-refractivity contribution < 1.29 is 33.4 Å². The zero-order valence-electron chi connectivity index (χ0n) is 20.6. The Morgan fingerprint density at radius 2 is 1.92 bits per heavy atom. The number of amides is 4. The molecule has 11 heteroatoms. The Labute approximate surface area is 214 Å². The molecule has 1 aliphatic carbocycles. The van der Waals surface area contributed by atoms with Crippen LogP contribution in [-0.4, -0.2) is 72.2 Å². The molecule has 1 spiro atoms. The Hall–Kier alpha value is -3.76. The van der Waals surface area contributed by atoms with E-state index in [1.807, 2.05) is 24.3 Å². The fourth-order valence-corrected chi connectivity index (χ4v) is 5.18. The van der Waals surface area contributed by atoms with Crippen molar-refractivity contribution in [3.8, 4) is 5.75 Å². The third-order valence-corrected chi connectivity index (χ3v) is 7.57. The van der Waals surface area contributed by atoms with E-state index in [1.54, 1.807) is 4.90 Å². The van der Waals surface area contributed by atoms with Crippen molar-refractivity contribution in [3.63, 3.8) is 0 Å². The van der Waals surface area contributed by atoms with Crippen LogP contribution in [0, 0.1) is 5.41 Å². The number of hydrogen-bond donors (Lipinski definition) is 2. The molecule has 4 amide bonds. The van der Waals surface area contributed by atoms with Gasteiger partial charge >= 0.3 is 12.2 Å². The average Bonchev–Trinajstić information content (AvgIpc) is 3.29. The fraction of sp³-hybridized carbons (Fsp3) is 0.538. The summed E-state index contributed by atoms with van der Waals surface area (Å²) in [6.07, 6.45) is 5.93. The van der Waals surface area contributed by atoms with Crippen molar-refractivity contribution >= 4 is 24.0 Å². The lowest BCUT2D eigenvalue weighted by Crippen LogP contribution is -2.47. The molecule has 2 atom stereocenters. The topological polar surface area (TPSA) is 140 Å². The van der Waals surface area contributed by atoms with Crippen LogP contribution in [0.25, 0.3) is 0 Å². The minimum Gasteiger partial charge on any atom is -0.489 e. The lowest BCUT2D eigenvalue weighted by Gasteiger charge is -2.22. The molecule has 1 saturated heterocycles. The van der Waals surface area contributed by atoms with Crippen molar-refractivity contribution in [3.05, 3.63) is 41.5 Å². The standard InChI is InChI=1S/C26H32N4O7/c27-23(32)20-11-18-14-30(20)22(31)12-28-24(33)36-16-26(8-9-26)7-2-1-3-10-35-21-6-4-5-17-13-29(15-19(17)21)25(34)37-18/h1,3-6,18,20H,2,7-16H2,(H2,27,32)(H,28,33). The van der Waals surface area contributed by atoms with Crippen LogP contribution in [-0.2, 0) is 32.2 Å². The van der Waals surface area contributed by atoms with Gasteiger partial charge in [-0.15, -0.1) is 0 Å². The number of rotatable bonds is 1. The smallest absolute Gasteiger partial charge is 0.410 e. The molecule has 3 aliphatic heterocycles. The normalized spacial score (nSPS) is 25.9. The average molecular weight is 513 g/mol. The maximum Gasteiger partial charge on any atom is 0.410 e. The predicted octanol–water partition coefficient (Wildman–Crippen LogP) is 1.83. The molecule has 0 radical (unpaired) electrons. The second kappa shape index (κ2) is 10.3. The van der Waals surface area contributed by atoms with Gasteiger partial charge in [0, 0.05) is 23.9 Å². The molecule has 3 N–H and O–H groups in total. The van der Waals surface area contributed by atoms with Gasteiger partial charge in [0.25, 0.3) is 0 Å². The number of nitrogens with one attached hydrogen (secondary N) is 1. The van der Waals surface area contributed by atoms with Gasteiger partial charge < -0.3 is 30.2 Å². The zero-order valence-corrected chi connectivity index (χ0v) is 20.6. The van der Waals surface area contributed by atoms with E-state index < -0.39 is 36.1 Å². The van der Waals surface area contributed by atoms with Gasteiger partial charge in [-0.25, -0.2) is 9.59 Å². The Morgan fingerprint density at radius 1 is 1.08 bits per heavy atom. The number of fused-ring (bicyclic) bond motifs is 3. The molecule has 1 aromatic carbocycles. The monoisotopic (exact) mass is 512 g/mol. The first kappa shape index (κ1) is 24.9. The molecule has 2 fully saturated rings. The highest BCUT2D eigenvalue weighted by Crippen LogP contribution is 2.49. The number of alkyl carbamates (subject to hydrolysis) is 1. The van der Waals surface area contributed by atoms with Gasteiger partial charge in [-0.3, -0.25) is 14.5 Å². The largest absolute Gasteiger partial charge is 0.489 e. The molecule has 37 heavy (non-hydrogen) atoms. The number of hydrogen-bond acceptors (Lipinski definition) is 7. The van der Waals surface area contributed by atoms with Crippen molar-refractivity contribution in [2.45, 2.75) is 57.3 Å². The van der Waals surface area contributed by atoms with Crippen LogP contribution in [0.15, 0.2) is 30.4 Å². The molecule has 11 nitrogen and oxygen atoms in total. The number of cyclic esters (lactones) is 1. The Morgan fingerprint density at radius 3 is 2.70 bits per heavy atom.